The molecule has 0 aliphatic carbocycles. The van der Waals surface area contributed by atoms with E-state index in [1.165, 1.54) is 5.38 Å². The maximum Gasteiger partial charge on any atom is 0.337 e. The Morgan fingerprint density at radius 2 is 2.19 bits per heavy atom. The molecule has 0 aromatic carbocycles. The molecule has 1 aromatic rings. The SMILES string of the molecule is COC(=O)C(O)C(O)c1csc(C(=O)[O-])n1. The zero-order valence-electron chi connectivity index (χ0n) is 8.11. The van der Waals surface area contributed by atoms with Gasteiger partial charge in [0.1, 0.15) is 17.1 Å². The molecule has 0 amide bonds. The summed E-state index contributed by atoms with van der Waals surface area (Å²) >= 11 is 0.726. The number of carboxylic acid groups (broad SMARTS) is 1. The van der Waals surface area contributed by atoms with E-state index in [0.717, 1.165) is 18.4 Å². The highest BCUT2D eigenvalue weighted by molar-refractivity contribution is 7.11. The Labute approximate surface area is 93.9 Å². The third-order valence-electron chi connectivity index (χ3n) is 1.74. The van der Waals surface area contributed by atoms with Gasteiger partial charge in [0.2, 0.25) is 0 Å². The van der Waals surface area contributed by atoms with E-state index >= 15 is 0 Å². The first-order valence-electron chi connectivity index (χ1n) is 4.08. The van der Waals surface area contributed by atoms with Crippen molar-refractivity contribution in [3.63, 3.8) is 0 Å². The van der Waals surface area contributed by atoms with E-state index in [2.05, 4.69) is 9.72 Å². The fraction of sp³-hybridized carbons (Fsp3) is 0.375. The second-order valence-corrected chi connectivity index (χ2v) is 3.64. The van der Waals surface area contributed by atoms with Gasteiger partial charge in [-0.1, -0.05) is 0 Å². The standard InChI is InChI=1S/C8H9NO6S/c1-15-8(14)5(11)4(10)3-2-16-6(9-3)7(12)13/h2,4-5,10-11H,1H3,(H,12,13)/p-1. The van der Waals surface area contributed by atoms with E-state index in [4.69, 9.17) is 0 Å². The number of hydrogen-bond donors (Lipinski definition) is 2. The average Bonchev–Trinajstić information content (AvgIpc) is 2.75. The summed E-state index contributed by atoms with van der Waals surface area (Å²) in [5, 5.41) is 30.0. The number of aliphatic hydroxyl groups excluding tert-OH is 2. The molecule has 2 unspecified atom stereocenters. The van der Waals surface area contributed by atoms with Crippen molar-refractivity contribution in [1.82, 2.24) is 4.98 Å². The van der Waals surface area contributed by atoms with Gasteiger partial charge in [-0.05, 0) is 0 Å². The number of aromatic nitrogens is 1. The molecular weight excluding hydrogens is 238 g/mol. The minimum atomic E-state index is -1.80. The van der Waals surface area contributed by atoms with Gasteiger partial charge in [0.25, 0.3) is 0 Å². The van der Waals surface area contributed by atoms with Crippen LogP contribution in [0.15, 0.2) is 5.38 Å². The van der Waals surface area contributed by atoms with Gasteiger partial charge in [0.15, 0.2) is 6.10 Å². The van der Waals surface area contributed by atoms with E-state index in [1.54, 1.807) is 0 Å². The number of carbonyl (C=O) groups excluding carboxylic acids is 2. The van der Waals surface area contributed by atoms with Crippen LogP contribution in [-0.2, 0) is 9.53 Å². The average molecular weight is 246 g/mol. The van der Waals surface area contributed by atoms with E-state index in [0.29, 0.717) is 0 Å². The number of thiazole rings is 1. The summed E-state index contributed by atoms with van der Waals surface area (Å²) in [6, 6.07) is 0. The van der Waals surface area contributed by atoms with E-state index in [9.17, 15) is 24.9 Å². The zero-order chi connectivity index (χ0) is 12.3. The summed E-state index contributed by atoms with van der Waals surface area (Å²) < 4.78 is 4.21. The lowest BCUT2D eigenvalue weighted by molar-refractivity contribution is -0.255. The molecular formula is C8H8NO6S-. The normalized spacial score (nSPS) is 14.2. The van der Waals surface area contributed by atoms with Gasteiger partial charge in [-0.3, -0.25) is 0 Å². The van der Waals surface area contributed by atoms with Gasteiger partial charge in [0, 0.05) is 5.38 Å². The number of esters is 1. The monoisotopic (exact) mass is 246 g/mol. The lowest BCUT2D eigenvalue weighted by Crippen LogP contribution is -2.29. The van der Waals surface area contributed by atoms with Crippen LogP contribution in [0.25, 0.3) is 0 Å². The van der Waals surface area contributed by atoms with E-state index in [-0.39, 0.29) is 10.7 Å². The van der Waals surface area contributed by atoms with Crippen molar-refractivity contribution in [2.45, 2.75) is 12.2 Å². The van der Waals surface area contributed by atoms with Crippen LogP contribution in [0.4, 0.5) is 0 Å². The second-order valence-electron chi connectivity index (χ2n) is 2.78. The highest BCUT2D eigenvalue weighted by Crippen LogP contribution is 2.20. The Morgan fingerprint density at radius 1 is 1.56 bits per heavy atom. The third-order valence-corrected chi connectivity index (χ3v) is 2.58. The number of rotatable bonds is 4. The van der Waals surface area contributed by atoms with Crippen LogP contribution in [0.2, 0.25) is 0 Å². The number of aliphatic hydroxyl groups is 2. The summed E-state index contributed by atoms with van der Waals surface area (Å²) in [5.41, 5.74) is -0.123. The minimum absolute atomic E-state index is 0.123. The maximum absolute atomic E-state index is 10.9. The Balaban J connectivity index is 2.83. The molecule has 2 N–H and O–H groups in total. The van der Waals surface area contributed by atoms with Crippen molar-refractivity contribution in [2.75, 3.05) is 7.11 Å². The number of methoxy groups -OCH3 is 1. The molecule has 0 bridgehead atoms. The first kappa shape index (κ1) is 12.6. The zero-order valence-corrected chi connectivity index (χ0v) is 8.93. The van der Waals surface area contributed by atoms with Crippen LogP contribution in [0.1, 0.15) is 21.6 Å². The van der Waals surface area contributed by atoms with E-state index < -0.39 is 24.1 Å². The predicted molar refractivity (Wildman–Crippen MR) is 49.4 cm³/mol. The second kappa shape index (κ2) is 5.01. The van der Waals surface area contributed by atoms with Gasteiger partial charge in [-0.25, -0.2) is 9.78 Å². The summed E-state index contributed by atoms with van der Waals surface area (Å²) in [7, 11) is 1.05. The largest absolute Gasteiger partial charge is 0.542 e. The highest BCUT2D eigenvalue weighted by atomic mass is 32.1. The summed E-state index contributed by atoms with van der Waals surface area (Å²) in [5.74, 6) is -2.52. The molecule has 8 heteroatoms. The molecule has 2 atom stereocenters. The Bertz CT molecular complexity index is 403. The first-order valence-corrected chi connectivity index (χ1v) is 4.96. The van der Waals surface area contributed by atoms with Crippen LogP contribution < -0.4 is 5.11 Å². The van der Waals surface area contributed by atoms with Gasteiger partial charge in [-0.15, -0.1) is 11.3 Å². The molecule has 7 nitrogen and oxygen atoms in total. The third kappa shape index (κ3) is 2.54. The topological polar surface area (TPSA) is 120 Å². The van der Waals surface area contributed by atoms with Crippen molar-refractivity contribution in [3.8, 4) is 0 Å². The molecule has 1 heterocycles. The smallest absolute Gasteiger partial charge is 0.337 e. The molecule has 1 rings (SSSR count). The molecule has 0 saturated carbocycles. The van der Waals surface area contributed by atoms with Crippen LogP contribution in [0.3, 0.4) is 0 Å². The highest BCUT2D eigenvalue weighted by Gasteiger charge is 2.28. The van der Waals surface area contributed by atoms with Gasteiger partial charge >= 0.3 is 5.97 Å². The fourth-order valence-corrected chi connectivity index (χ4v) is 1.61. The fourth-order valence-electron chi connectivity index (χ4n) is 0.927. The molecule has 0 radical (unpaired) electrons. The van der Waals surface area contributed by atoms with Gasteiger partial charge in [0.05, 0.1) is 12.8 Å². The van der Waals surface area contributed by atoms with Crippen molar-refractivity contribution in [1.29, 1.82) is 0 Å². The summed E-state index contributed by atoms with van der Waals surface area (Å²) in [4.78, 5) is 24.8. The molecule has 0 saturated heterocycles. The van der Waals surface area contributed by atoms with Crippen LogP contribution in [0, 0.1) is 0 Å². The van der Waals surface area contributed by atoms with E-state index in [1.807, 2.05) is 0 Å². The van der Waals surface area contributed by atoms with Gasteiger partial charge in [-0.2, -0.15) is 0 Å². The molecule has 1 aromatic heterocycles. The molecule has 0 aliphatic rings. The molecule has 16 heavy (non-hydrogen) atoms. The number of ether oxygens (including phenoxy) is 1. The Kier molecular flexibility index (Phi) is 3.93. The number of carbonyl (C=O) groups is 2. The van der Waals surface area contributed by atoms with Crippen molar-refractivity contribution < 1.29 is 29.6 Å². The maximum atomic E-state index is 10.9. The molecule has 0 fully saturated rings. The number of hydrogen-bond acceptors (Lipinski definition) is 8. The van der Waals surface area contributed by atoms with Crippen LogP contribution in [-0.4, -0.2) is 40.3 Å². The lowest BCUT2D eigenvalue weighted by atomic mass is 10.1. The molecule has 88 valence electrons. The van der Waals surface area contributed by atoms with Crippen LogP contribution in [0.5, 0.6) is 0 Å². The molecule has 0 spiro atoms. The quantitative estimate of drug-likeness (QED) is 0.594. The summed E-state index contributed by atoms with van der Waals surface area (Å²) in [6.45, 7) is 0. The number of carboxylic acids is 1. The minimum Gasteiger partial charge on any atom is -0.542 e. The summed E-state index contributed by atoms with van der Waals surface area (Å²) in [6.07, 6.45) is -3.43. The lowest BCUT2D eigenvalue weighted by Gasteiger charge is -2.13. The van der Waals surface area contributed by atoms with Crippen LogP contribution >= 0.6 is 11.3 Å². The predicted octanol–water partition coefficient (Wildman–Crippen LogP) is -1.93. The number of aromatic carboxylic acids is 1. The Morgan fingerprint density at radius 3 is 2.62 bits per heavy atom. The van der Waals surface area contributed by atoms with Crippen molar-refractivity contribution >= 4 is 23.3 Å². The Hall–Kier alpha value is -1.51. The first-order chi connectivity index (χ1) is 7.47. The number of nitrogens with zero attached hydrogens (tertiary/aromatic N) is 1. The van der Waals surface area contributed by atoms with Crippen molar-refractivity contribution in [3.05, 3.63) is 16.1 Å². The van der Waals surface area contributed by atoms with Crippen molar-refractivity contribution in [2.24, 2.45) is 0 Å². The molecule has 0 aliphatic heterocycles. The van der Waals surface area contributed by atoms with Gasteiger partial charge < -0.3 is 24.9 Å².